The van der Waals surface area contributed by atoms with Gasteiger partial charge in [0.1, 0.15) is 0 Å². The summed E-state index contributed by atoms with van der Waals surface area (Å²) in [6, 6.07) is 4.59. The summed E-state index contributed by atoms with van der Waals surface area (Å²) in [4.78, 5) is 24.3. The van der Waals surface area contributed by atoms with Gasteiger partial charge in [-0.15, -0.1) is 0 Å². The van der Waals surface area contributed by atoms with Crippen molar-refractivity contribution >= 4 is 45.2 Å². The maximum atomic E-state index is 12.2. The van der Waals surface area contributed by atoms with Crippen LogP contribution in [0.15, 0.2) is 22.7 Å². The molecule has 0 saturated heterocycles. The van der Waals surface area contributed by atoms with Crippen LogP contribution in [0.1, 0.15) is 20.3 Å². The summed E-state index contributed by atoms with van der Waals surface area (Å²) >= 11 is 9.20. The normalized spacial score (nSPS) is 10.4. The average Bonchev–Trinajstić information content (AvgIpc) is 2.33. The number of carbonyl (C=O) groups excluding carboxylic acids is 1. The zero-order chi connectivity index (χ0) is 15.3. The minimum atomic E-state index is -0.938. The lowest BCUT2D eigenvalue weighted by atomic mass is 10.3. The van der Waals surface area contributed by atoms with Gasteiger partial charge < -0.3 is 15.3 Å². The van der Waals surface area contributed by atoms with Crippen molar-refractivity contribution in [3.8, 4) is 0 Å². The molecule has 0 aliphatic heterocycles. The van der Waals surface area contributed by atoms with Crippen molar-refractivity contribution in [1.82, 2.24) is 4.90 Å². The lowest BCUT2D eigenvalue weighted by molar-refractivity contribution is -0.137. The van der Waals surface area contributed by atoms with Crippen LogP contribution < -0.4 is 5.32 Å². The first kappa shape index (κ1) is 16.8. The van der Waals surface area contributed by atoms with Gasteiger partial charge in [-0.05, 0) is 48.0 Å². The van der Waals surface area contributed by atoms with Crippen molar-refractivity contribution < 1.29 is 14.7 Å². The van der Waals surface area contributed by atoms with Gasteiger partial charge in [0.15, 0.2) is 0 Å². The van der Waals surface area contributed by atoms with E-state index in [2.05, 4.69) is 21.2 Å². The number of hydrogen-bond acceptors (Lipinski definition) is 2. The summed E-state index contributed by atoms with van der Waals surface area (Å²) in [5.74, 6) is -0.938. The first-order valence-corrected chi connectivity index (χ1v) is 7.23. The highest BCUT2D eigenvalue weighted by molar-refractivity contribution is 9.10. The molecule has 0 bridgehead atoms. The minimum Gasteiger partial charge on any atom is -0.481 e. The molecule has 0 atom stereocenters. The third-order valence-electron chi connectivity index (χ3n) is 2.62. The van der Waals surface area contributed by atoms with Gasteiger partial charge in [-0.2, -0.15) is 0 Å². The summed E-state index contributed by atoms with van der Waals surface area (Å²) in [5, 5.41) is 11.9. The molecule has 0 heterocycles. The van der Waals surface area contributed by atoms with Crippen LogP contribution in [0.4, 0.5) is 10.5 Å². The zero-order valence-corrected chi connectivity index (χ0v) is 13.5. The zero-order valence-electron chi connectivity index (χ0n) is 11.2. The van der Waals surface area contributed by atoms with Crippen molar-refractivity contribution in [3.05, 3.63) is 27.7 Å². The SMILES string of the molecule is CC(C)N(CCC(=O)O)C(=O)Nc1cc(Cl)ccc1Br. The molecule has 2 N–H and O–H groups in total. The molecule has 0 fully saturated rings. The predicted molar refractivity (Wildman–Crippen MR) is 82.3 cm³/mol. The second-order valence-electron chi connectivity index (χ2n) is 4.49. The van der Waals surface area contributed by atoms with E-state index in [0.29, 0.717) is 15.2 Å². The number of urea groups is 1. The third kappa shape index (κ3) is 5.02. The molecule has 5 nitrogen and oxygen atoms in total. The number of amides is 2. The van der Waals surface area contributed by atoms with Gasteiger partial charge >= 0.3 is 12.0 Å². The first-order chi connectivity index (χ1) is 9.31. The van der Waals surface area contributed by atoms with Crippen molar-refractivity contribution in [3.63, 3.8) is 0 Å². The molecule has 110 valence electrons. The highest BCUT2D eigenvalue weighted by Crippen LogP contribution is 2.26. The van der Waals surface area contributed by atoms with Crippen LogP contribution in [-0.4, -0.2) is 34.6 Å². The van der Waals surface area contributed by atoms with Crippen molar-refractivity contribution in [2.24, 2.45) is 0 Å². The molecule has 0 spiro atoms. The highest BCUT2D eigenvalue weighted by Gasteiger charge is 2.18. The molecule has 0 unspecified atom stereocenters. The lowest BCUT2D eigenvalue weighted by Gasteiger charge is -2.26. The molecule has 0 aromatic heterocycles. The Hall–Kier alpha value is -1.27. The summed E-state index contributed by atoms with van der Waals surface area (Å²) < 4.78 is 0.706. The first-order valence-electron chi connectivity index (χ1n) is 6.05. The summed E-state index contributed by atoms with van der Waals surface area (Å²) in [7, 11) is 0. The highest BCUT2D eigenvalue weighted by atomic mass is 79.9. The Morgan fingerprint density at radius 1 is 1.45 bits per heavy atom. The number of hydrogen-bond donors (Lipinski definition) is 2. The fourth-order valence-corrected chi connectivity index (χ4v) is 2.11. The Labute approximate surface area is 131 Å². The van der Waals surface area contributed by atoms with Crippen molar-refractivity contribution in [2.75, 3.05) is 11.9 Å². The maximum absolute atomic E-state index is 12.2. The Morgan fingerprint density at radius 3 is 2.65 bits per heavy atom. The number of anilines is 1. The standard InChI is InChI=1S/C13H16BrClN2O3/c1-8(2)17(6-5-12(18)19)13(20)16-11-7-9(15)3-4-10(11)14/h3-4,7-8H,5-6H2,1-2H3,(H,16,20)(H,18,19). The summed E-state index contributed by atoms with van der Waals surface area (Å²) in [6.07, 6.45) is -0.0949. The molecule has 1 aromatic rings. The molecular weight excluding hydrogens is 348 g/mol. The van der Waals surface area contributed by atoms with Crippen LogP contribution in [0, 0.1) is 0 Å². The number of carboxylic acid groups (broad SMARTS) is 1. The van der Waals surface area contributed by atoms with E-state index in [0.717, 1.165) is 0 Å². The van der Waals surface area contributed by atoms with Gasteiger partial charge in [-0.25, -0.2) is 4.79 Å². The van der Waals surface area contributed by atoms with Crippen LogP contribution in [0.5, 0.6) is 0 Å². The van der Waals surface area contributed by atoms with Crippen LogP contribution in [0.2, 0.25) is 5.02 Å². The largest absolute Gasteiger partial charge is 0.481 e. The molecule has 0 aliphatic rings. The molecule has 0 aliphatic carbocycles. The Morgan fingerprint density at radius 2 is 2.10 bits per heavy atom. The van der Waals surface area contributed by atoms with Gasteiger partial charge in [0.2, 0.25) is 0 Å². The minimum absolute atomic E-state index is 0.0949. The Kier molecular flexibility index (Phi) is 6.29. The van der Waals surface area contributed by atoms with E-state index in [1.54, 1.807) is 18.2 Å². The van der Waals surface area contributed by atoms with Crippen molar-refractivity contribution in [1.29, 1.82) is 0 Å². The van der Waals surface area contributed by atoms with Crippen LogP contribution in [0.25, 0.3) is 0 Å². The number of aliphatic carboxylic acids is 1. The van der Waals surface area contributed by atoms with E-state index in [4.69, 9.17) is 16.7 Å². The number of carbonyl (C=O) groups is 2. The smallest absolute Gasteiger partial charge is 0.322 e. The topological polar surface area (TPSA) is 69.6 Å². The maximum Gasteiger partial charge on any atom is 0.322 e. The van der Waals surface area contributed by atoms with Gasteiger partial charge in [-0.1, -0.05) is 11.6 Å². The van der Waals surface area contributed by atoms with E-state index in [1.165, 1.54) is 4.90 Å². The summed E-state index contributed by atoms with van der Waals surface area (Å²) in [6.45, 7) is 3.81. The lowest BCUT2D eigenvalue weighted by Crippen LogP contribution is -2.41. The fourth-order valence-electron chi connectivity index (χ4n) is 1.59. The Bertz CT molecular complexity index is 508. The summed E-state index contributed by atoms with van der Waals surface area (Å²) in [5.41, 5.74) is 0.545. The van der Waals surface area contributed by atoms with Gasteiger partial charge in [0.25, 0.3) is 0 Å². The van der Waals surface area contributed by atoms with E-state index in [-0.39, 0.29) is 25.0 Å². The number of rotatable bonds is 5. The fraction of sp³-hybridized carbons (Fsp3) is 0.385. The molecule has 20 heavy (non-hydrogen) atoms. The van der Waals surface area contributed by atoms with E-state index < -0.39 is 5.97 Å². The molecular formula is C13H16BrClN2O3. The second-order valence-corrected chi connectivity index (χ2v) is 5.78. The average molecular weight is 364 g/mol. The van der Waals surface area contributed by atoms with Crippen LogP contribution >= 0.6 is 27.5 Å². The quantitative estimate of drug-likeness (QED) is 0.835. The molecule has 0 radical (unpaired) electrons. The molecule has 2 amide bonds. The van der Waals surface area contributed by atoms with Crippen LogP contribution in [-0.2, 0) is 4.79 Å². The van der Waals surface area contributed by atoms with Gasteiger partial charge in [0, 0.05) is 22.1 Å². The molecule has 0 saturated carbocycles. The third-order valence-corrected chi connectivity index (χ3v) is 3.55. The second kappa shape index (κ2) is 7.50. The van der Waals surface area contributed by atoms with Gasteiger partial charge in [-0.3, -0.25) is 4.79 Å². The molecule has 1 rings (SSSR count). The predicted octanol–water partition coefficient (Wildman–Crippen LogP) is 3.82. The van der Waals surface area contributed by atoms with E-state index >= 15 is 0 Å². The van der Waals surface area contributed by atoms with Gasteiger partial charge in [0.05, 0.1) is 12.1 Å². The number of nitrogens with zero attached hydrogens (tertiary/aromatic N) is 1. The number of carboxylic acids is 1. The monoisotopic (exact) mass is 362 g/mol. The molecule has 7 heteroatoms. The van der Waals surface area contributed by atoms with Crippen LogP contribution in [0.3, 0.4) is 0 Å². The number of halogens is 2. The van der Waals surface area contributed by atoms with E-state index in [1.807, 2.05) is 13.8 Å². The molecule has 1 aromatic carbocycles. The Balaban J connectivity index is 2.80. The number of benzene rings is 1. The van der Waals surface area contributed by atoms with Crippen molar-refractivity contribution in [2.45, 2.75) is 26.3 Å². The number of nitrogens with one attached hydrogen (secondary N) is 1. The van der Waals surface area contributed by atoms with E-state index in [9.17, 15) is 9.59 Å².